The van der Waals surface area contributed by atoms with Crippen LogP contribution in [-0.4, -0.2) is 25.6 Å². The highest BCUT2D eigenvalue weighted by molar-refractivity contribution is 5.92. The van der Waals surface area contributed by atoms with Crippen molar-refractivity contribution >= 4 is 11.6 Å². The Bertz CT molecular complexity index is 677. The first kappa shape index (κ1) is 17.3. The molecule has 0 spiro atoms. The van der Waals surface area contributed by atoms with Crippen LogP contribution in [0, 0.1) is 5.92 Å². The number of benzene rings is 2. The minimum atomic E-state index is 0.0982. The molecular formula is C20H24N2O3. The number of amides is 1. The van der Waals surface area contributed by atoms with Crippen molar-refractivity contribution in [3.05, 3.63) is 48.5 Å². The normalized spacial score (nSPS) is 14.8. The number of rotatable bonds is 6. The average Bonchev–Trinajstić information content (AvgIpc) is 2.66. The van der Waals surface area contributed by atoms with Crippen LogP contribution < -0.4 is 20.1 Å². The summed E-state index contributed by atoms with van der Waals surface area (Å²) in [6, 6.07) is 14.9. The van der Waals surface area contributed by atoms with Gasteiger partial charge in [-0.05, 0) is 81.4 Å². The van der Waals surface area contributed by atoms with E-state index in [1.807, 2.05) is 55.5 Å². The fourth-order valence-corrected chi connectivity index (χ4v) is 2.84. The molecule has 25 heavy (non-hydrogen) atoms. The molecule has 1 fully saturated rings. The molecule has 0 radical (unpaired) electrons. The first-order chi connectivity index (χ1) is 12.2. The van der Waals surface area contributed by atoms with E-state index in [2.05, 4.69) is 10.6 Å². The van der Waals surface area contributed by atoms with Crippen LogP contribution in [0.2, 0.25) is 0 Å². The van der Waals surface area contributed by atoms with E-state index in [1.165, 1.54) is 0 Å². The van der Waals surface area contributed by atoms with E-state index in [4.69, 9.17) is 9.47 Å². The number of ether oxygens (including phenoxy) is 2. The lowest BCUT2D eigenvalue weighted by Crippen LogP contribution is -2.34. The van der Waals surface area contributed by atoms with Crippen LogP contribution >= 0.6 is 0 Å². The van der Waals surface area contributed by atoms with Gasteiger partial charge < -0.3 is 20.1 Å². The molecule has 0 saturated carbocycles. The molecule has 5 nitrogen and oxygen atoms in total. The van der Waals surface area contributed by atoms with Gasteiger partial charge in [-0.2, -0.15) is 0 Å². The molecule has 2 aromatic carbocycles. The molecule has 0 atom stereocenters. The van der Waals surface area contributed by atoms with Gasteiger partial charge in [-0.25, -0.2) is 0 Å². The molecule has 1 heterocycles. The third-order valence-electron chi connectivity index (χ3n) is 4.20. The van der Waals surface area contributed by atoms with E-state index in [0.717, 1.165) is 48.9 Å². The van der Waals surface area contributed by atoms with Crippen molar-refractivity contribution in [2.24, 2.45) is 5.92 Å². The maximum Gasteiger partial charge on any atom is 0.227 e. The molecule has 132 valence electrons. The fraction of sp³-hybridized carbons (Fsp3) is 0.350. The predicted octanol–water partition coefficient (Wildman–Crippen LogP) is 3.82. The number of carbonyl (C=O) groups excluding carboxylic acids is 1. The predicted molar refractivity (Wildman–Crippen MR) is 98.4 cm³/mol. The van der Waals surface area contributed by atoms with Gasteiger partial charge >= 0.3 is 0 Å². The Morgan fingerprint density at radius 1 is 1.00 bits per heavy atom. The molecule has 5 heteroatoms. The standard InChI is InChI=1S/C20H24N2O3/c1-2-24-17-7-9-19(10-8-17)25-18-5-3-16(4-6-18)22-20(23)15-11-13-21-14-12-15/h3-10,15,21H,2,11-14H2,1H3,(H,22,23). The van der Waals surface area contributed by atoms with Crippen molar-refractivity contribution in [3.63, 3.8) is 0 Å². The Balaban J connectivity index is 1.55. The number of hydrogen-bond donors (Lipinski definition) is 2. The quantitative estimate of drug-likeness (QED) is 0.839. The second-order valence-corrected chi connectivity index (χ2v) is 6.04. The SMILES string of the molecule is CCOc1ccc(Oc2ccc(NC(=O)C3CCNCC3)cc2)cc1. The van der Waals surface area contributed by atoms with E-state index in [1.54, 1.807) is 0 Å². The van der Waals surface area contributed by atoms with E-state index >= 15 is 0 Å². The summed E-state index contributed by atoms with van der Waals surface area (Å²) in [5.74, 6) is 2.49. The topological polar surface area (TPSA) is 59.6 Å². The summed E-state index contributed by atoms with van der Waals surface area (Å²) in [6.45, 7) is 4.42. The third-order valence-corrected chi connectivity index (χ3v) is 4.20. The second kappa shape index (κ2) is 8.53. The smallest absolute Gasteiger partial charge is 0.227 e. The Morgan fingerprint density at radius 2 is 1.56 bits per heavy atom. The minimum Gasteiger partial charge on any atom is -0.494 e. The van der Waals surface area contributed by atoms with Crippen LogP contribution in [0.5, 0.6) is 17.2 Å². The number of carbonyl (C=O) groups is 1. The Morgan fingerprint density at radius 3 is 2.16 bits per heavy atom. The summed E-state index contributed by atoms with van der Waals surface area (Å²) in [4.78, 5) is 12.2. The van der Waals surface area contributed by atoms with Gasteiger partial charge in [-0.3, -0.25) is 4.79 Å². The van der Waals surface area contributed by atoms with Crippen molar-refractivity contribution < 1.29 is 14.3 Å². The van der Waals surface area contributed by atoms with Gasteiger partial charge in [0, 0.05) is 11.6 Å². The van der Waals surface area contributed by atoms with E-state index in [9.17, 15) is 4.79 Å². The summed E-state index contributed by atoms with van der Waals surface area (Å²) in [5.41, 5.74) is 0.794. The van der Waals surface area contributed by atoms with Gasteiger partial charge in [0.1, 0.15) is 17.2 Å². The summed E-state index contributed by atoms with van der Waals surface area (Å²) in [5, 5.41) is 6.26. The molecule has 1 saturated heterocycles. The molecule has 0 aromatic heterocycles. The van der Waals surface area contributed by atoms with Crippen LogP contribution in [0.3, 0.4) is 0 Å². The molecule has 0 unspecified atom stereocenters. The maximum atomic E-state index is 12.2. The van der Waals surface area contributed by atoms with Gasteiger partial charge in [-0.1, -0.05) is 0 Å². The molecule has 3 rings (SSSR count). The molecule has 0 bridgehead atoms. The maximum absolute atomic E-state index is 12.2. The lowest BCUT2D eigenvalue weighted by atomic mass is 9.97. The lowest BCUT2D eigenvalue weighted by Gasteiger charge is -2.21. The van der Waals surface area contributed by atoms with Gasteiger partial charge in [0.05, 0.1) is 6.61 Å². The zero-order chi connectivity index (χ0) is 17.5. The van der Waals surface area contributed by atoms with Gasteiger partial charge in [0.15, 0.2) is 0 Å². The fourth-order valence-electron chi connectivity index (χ4n) is 2.84. The highest BCUT2D eigenvalue weighted by atomic mass is 16.5. The van der Waals surface area contributed by atoms with Crippen molar-refractivity contribution in [3.8, 4) is 17.2 Å². The van der Waals surface area contributed by atoms with Gasteiger partial charge in [0.2, 0.25) is 5.91 Å². The Labute approximate surface area is 148 Å². The van der Waals surface area contributed by atoms with Crippen molar-refractivity contribution in [1.82, 2.24) is 5.32 Å². The molecule has 2 N–H and O–H groups in total. The van der Waals surface area contributed by atoms with Crippen LogP contribution in [0.1, 0.15) is 19.8 Å². The number of piperidine rings is 1. The molecule has 0 aliphatic carbocycles. The summed E-state index contributed by atoms with van der Waals surface area (Å²) in [7, 11) is 0. The number of nitrogens with one attached hydrogen (secondary N) is 2. The highest BCUT2D eigenvalue weighted by Crippen LogP contribution is 2.25. The summed E-state index contributed by atoms with van der Waals surface area (Å²) >= 11 is 0. The lowest BCUT2D eigenvalue weighted by molar-refractivity contribution is -0.120. The second-order valence-electron chi connectivity index (χ2n) is 6.04. The molecule has 1 aliphatic heterocycles. The first-order valence-corrected chi connectivity index (χ1v) is 8.77. The van der Waals surface area contributed by atoms with Crippen molar-refractivity contribution in [2.45, 2.75) is 19.8 Å². The monoisotopic (exact) mass is 340 g/mol. The molecule has 2 aromatic rings. The number of anilines is 1. The zero-order valence-electron chi connectivity index (χ0n) is 14.5. The van der Waals surface area contributed by atoms with Crippen LogP contribution in [0.25, 0.3) is 0 Å². The first-order valence-electron chi connectivity index (χ1n) is 8.77. The van der Waals surface area contributed by atoms with E-state index in [0.29, 0.717) is 6.61 Å². The van der Waals surface area contributed by atoms with E-state index in [-0.39, 0.29) is 11.8 Å². The molecular weight excluding hydrogens is 316 g/mol. The minimum absolute atomic E-state index is 0.0982. The zero-order valence-corrected chi connectivity index (χ0v) is 14.5. The van der Waals surface area contributed by atoms with Crippen LogP contribution in [-0.2, 0) is 4.79 Å². The Kier molecular flexibility index (Phi) is 5.90. The number of hydrogen-bond acceptors (Lipinski definition) is 4. The highest BCUT2D eigenvalue weighted by Gasteiger charge is 2.20. The largest absolute Gasteiger partial charge is 0.494 e. The Hall–Kier alpha value is -2.53. The van der Waals surface area contributed by atoms with Crippen LogP contribution in [0.4, 0.5) is 5.69 Å². The van der Waals surface area contributed by atoms with E-state index < -0.39 is 0 Å². The molecule has 1 aliphatic rings. The summed E-state index contributed by atoms with van der Waals surface area (Å²) < 4.78 is 11.2. The van der Waals surface area contributed by atoms with Gasteiger partial charge in [0.25, 0.3) is 0 Å². The third kappa shape index (κ3) is 4.97. The van der Waals surface area contributed by atoms with Crippen LogP contribution in [0.15, 0.2) is 48.5 Å². The van der Waals surface area contributed by atoms with Crippen molar-refractivity contribution in [1.29, 1.82) is 0 Å². The average molecular weight is 340 g/mol. The van der Waals surface area contributed by atoms with Crippen molar-refractivity contribution in [2.75, 3.05) is 25.0 Å². The van der Waals surface area contributed by atoms with Gasteiger partial charge in [-0.15, -0.1) is 0 Å². The molecule has 1 amide bonds. The summed E-state index contributed by atoms with van der Waals surface area (Å²) in [6.07, 6.45) is 1.79.